The zero-order valence-corrected chi connectivity index (χ0v) is 17.9. The number of hydrogen-bond acceptors (Lipinski definition) is 3. The van der Waals surface area contributed by atoms with Gasteiger partial charge in [-0.15, -0.1) is 0 Å². The van der Waals surface area contributed by atoms with Crippen molar-refractivity contribution in [2.45, 2.75) is 53.1 Å². The molecule has 1 atom stereocenters. The predicted molar refractivity (Wildman–Crippen MR) is 116 cm³/mol. The number of benzene rings is 2. The quantitative estimate of drug-likeness (QED) is 0.660. The first-order valence-corrected chi connectivity index (χ1v) is 10.3. The summed E-state index contributed by atoms with van der Waals surface area (Å²) in [5.74, 6) is 0.375. The third kappa shape index (κ3) is 6.34. The molecule has 0 bridgehead atoms. The number of ether oxygens (including phenoxy) is 1. The molecule has 2 amide bonds. The standard InChI is InChI=1S/C24H32N2O3/c1-5-15-25-24(28)21(6-2)26(16-20-12-8-7-9-13-20)23(27)17-29-22-14-10-11-18(3)19(22)4/h7-14,21H,5-6,15-17H2,1-4H3,(H,25,28)/t21-/m1/s1. The van der Waals surface area contributed by atoms with E-state index in [4.69, 9.17) is 4.74 Å². The number of rotatable bonds is 10. The maximum Gasteiger partial charge on any atom is 0.261 e. The molecule has 156 valence electrons. The number of carbonyl (C=O) groups is 2. The fourth-order valence-electron chi connectivity index (χ4n) is 3.17. The lowest BCUT2D eigenvalue weighted by Gasteiger charge is -2.30. The normalized spacial score (nSPS) is 11.6. The number of hydrogen-bond donors (Lipinski definition) is 1. The van der Waals surface area contributed by atoms with Gasteiger partial charge in [-0.2, -0.15) is 0 Å². The van der Waals surface area contributed by atoms with Gasteiger partial charge in [0, 0.05) is 13.1 Å². The molecule has 2 aromatic carbocycles. The molecule has 1 N–H and O–H groups in total. The van der Waals surface area contributed by atoms with Crippen LogP contribution >= 0.6 is 0 Å². The maximum atomic E-state index is 13.1. The van der Waals surface area contributed by atoms with Gasteiger partial charge in [-0.25, -0.2) is 0 Å². The lowest BCUT2D eigenvalue weighted by molar-refractivity contribution is -0.143. The summed E-state index contributed by atoms with van der Waals surface area (Å²) in [5, 5.41) is 2.92. The van der Waals surface area contributed by atoms with Crippen molar-refractivity contribution in [2.24, 2.45) is 0 Å². The highest BCUT2D eigenvalue weighted by atomic mass is 16.5. The summed E-state index contributed by atoms with van der Waals surface area (Å²) in [6, 6.07) is 15.0. The van der Waals surface area contributed by atoms with E-state index >= 15 is 0 Å². The minimum Gasteiger partial charge on any atom is -0.483 e. The van der Waals surface area contributed by atoms with Crippen molar-refractivity contribution in [3.8, 4) is 5.75 Å². The van der Waals surface area contributed by atoms with Gasteiger partial charge in [0.05, 0.1) is 0 Å². The lowest BCUT2D eigenvalue weighted by atomic mass is 10.1. The summed E-state index contributed by atoms with van der Waals surface area (Å²) < 4.78 is 5.83. The van der Waals surface area contributed by atoms with Crippen molar-refractivity contribution in [1.29, 1.82) is 0 Å². The van der Waals surface area contributed by atoms with Gasteiger partial charge in [0.1, 0.15) is 11.8 Å². The zero-order chi connectivity index (χ0) is 21.2. The van der Waals surface area contributed by atoms with Crippen molar-refractivity contribution in [1.82, 2.24) is 10.2 Å². The number of nitrogens with zero attached hydrogens (tertiary/aromatic N) is 1. The van der Waals surface area contributed by atoms with Crippen molar-refractivity contribution in [3.05, 3.63) is 65.2 Å². The van der Waals surface area contributed by atoms with Crippen molar-refractivity contribution in [3.63, 3.8) is 0 Å². The Bertz CT molecular complexity index is 805. The first-order chi connectivity index (χ1) is 14.0. The zero-order valence-electron chi connectivity index (χ0n) is 17.9. The van der Waals surface area contributed by atoms with E-state index in [-0.39, 0.29) is 18.4 Å². The Balaban J connectivity index is 2.19. The summed E-state index contributed by atoms with van der Waals surface area (Å²) in [5.41, 5.74) is 3.11. The number of carbonyl (C=O) groups excluding carboxylic acids is 2. The van der Waals surface area contributed by atoms with Crippen LogP contribution in [0.2, 0.25) is 0 Å². The van der Waals surface area contributed by atoms with Crippen LogP contribution in [0.25, 0.3) is 0 Å². The lowest BCUT2D eigenvalue weighted by Crippen LogP contribution is -2.50. The van der Waals surface area contributed by atoms with E-state index in [2.05, 4.69) is 5.32 Å². The molecule has 0 spiro atoms. The van der Waals surface area contributed by atoms with Gasteiger partial charge in [-0.3, -0.25) is 9.59 Å². The summed E-state index contributed by atoms with van der Waals surface area (Å²) in [6.07, 6.45) is 1.39. The largest absolute Gasteiger partial charge is 0.483 e. The van der Waals surface area contributed by atoms with Crippen molar-refractivity contribution < 1.29 is 14.3 Å². The number of amides is 2. The highest BCUT2D eigenvalue weighted by Gasteiger charge is 2.28. The van der Waals surface area contributed by atoms with Crippen LogP contribution in [0.5, 0.6) is 5.75 Å². The molecular weight excluding hydrogens is 364 g/mol. The second kappa shape index (κ2) is 11.2. The van der Waals surface area contributed by atoms with Crippen LogP contribution in [0.4, 0.5) is 0 Å². The Kier molecular flexibility index (Phi) is 8.71. The minimum atomic E-state index is -0.531. The molecule has 0 unspecified atom stereocenters. The Morgan fingerprint density at radius 1 is 1.03 bits per heavy atom. The molecule has 29 heavy (non-hydrogen) atoms. The smallest absolute Gasteiger partial charge is 0.261 e. The molecule has 0 aromatic heterocycles. The highest BCUT2D eigenvalue weighted by molar-refractivity contribution is 5.88. The highest BCUT2D eigenvalue weighted by Crippen LogP contribution is 2.21. The van der Waals surface area contributed by atoms with Gasteiger partial charge < -0.3 is 15.0 Å². The molecule has 2 aromatic rings. The molecule has 2 rings (SSSR count). The van der Waals surface area contributed by atoms with Gasteiger partial charge in [-0.05, 0) is 49.4 Å². The van der Waals surface area contributed by atoms with Gasteiger partial charge in [0.25, 0.3) is 5.91 Å². The molecule has 0 aliphatic carbocycles. The first-order valence-electron chi connectivity index (χ1n) is 10.3. The Hall–Kier alpha value is -2.82. The van der Waals surface area contributed by atoms with E-state index in [0.717, 1.165) is 23.1 Å². The van der Waals surface area contributed by atoms with Gasteiger partial charge >= 0.3 is 0 Å². The van der Waals surface area contributed by atoms with Crippen LogP contribution in [0.1, 0.15) is 43.4 Å². The van der Waals surface area contributed by atoms with Crippen LogP contribution in [-0.2, 0) is 16.1 Å². The molecule has 0 saturated carbocycles. The molecule has 0 aliphatic rings. The summed E-state index contributed by atoms with van der Waals surface area (Å²) in [4.78, 5) is 27.4. The van der Waals surface area contributed by atoms with Crippen LogP contribution in [0, 0.1) is 13.8 Å². The average Bonchev–Trinajstić information content (AvgIpc) is 2.73. The van der Waals surface area contributed by atoms with E-state index in [1.54, 1.807) is 4.90 Å². The molecular formula is C24H32N2O3. The Labute approximate surface area is 174 Å². The molecule has 0 heterocycles. The third-order valence-corrected chi connectivity index (χ3v) is 5.04. The Morgan fingerprint density at radius 3 is 2.41 bits per heavy atom. The fourth-order valence-corrected chi connectivity index (χ4v) is 3.17. The molecule has 5 nitrogen and oxygen atoms in total. The first kappa shape index (κ1) is 22.5. The third-order valence-electron chi connectivity index (χ3n) is 5.04. The summed E-state index contributed by atoms with van der Waals surface area (Å²) in [6.45, 7) is 8.78. The van der Waals surface area contributed by atoms with Crippen molar-refractivity contribution >= 4 is 11.8 Å². The minimum absolute atomic E-state index is 0.102. The van der Waals surface area contributed by atoms with Gasteiger partial charge in [-0.1, -0.05) is 56.3 Å². The second-order valence-electron chi connectivity index (χ2n) is 7.21. The van der Waals surface area contributed by atoms with Gasteiger partial charge in [0.15, 0.2) is 6.61 Å². The fraction of sp³-hybridized carbons (Fsp3) is 0.417. The van der Waals surface area contributed by atoms with Crippen molar-refractivity contribution in [2.75, 3.05) is 13.2 Å². The molecule has 5 heteroatoms. The SMILES string of the molecule is CCCNC(=O)[C@@H](CC)N(Cc1ccccc1)C(=O)COc1cccc(C)c1C. The number of aryl methyl sites for hydroxylation is 1. The maximum absolute atomic E-state index is 13.1. The number of nitrogens with one attached hydrogen (secondary N) is 1. The summed E-state index contributed by atoms with van der Waals surface area (Å²) in [7, 11) is 0. The summed E-state index contributed by atoms with van der Waals surface area (Å²) >= 11 is 0. The van der Waals surface area contributed by atoms with Crippen LogP contribution in [-0.4, -0.2) is 35.9 Å². The average molecular weight is 397 g/mol. The molecule has 0 saturated heterocycles. The van der Waals surface area contributed by atoms with Crippen LogP contribution in [0.15, 0.2) is 48.5 Å². The second-order valence-corrected chi connectivity index (χ2v) is 7.21. The molecule has 0 aliphatic heterocycles. The van der Waals surface area contributed by atoms with E-state index in [1.165, 1.54) is 0 Å². The van der Waals surface area contributed by atoms with E-state index in [9.17, 15) is 9.59 Å². The predicted octanol–water partition coefficient (Wildman–Crippen LogP) is 4.02. The van der Waals surface area contributed by atoms with Gasteiger partial charge in [0.2, 0.25) is 5.91 Å². The topological polar surface area (TPSA) is 58.6 Å². The molecule has 0 fully saturated rings. The van der Waals surface area contributed by atoms with Crippen LogP contribution in [0.3, 0.4) is 0 Å². The van der Waals surface area contributed by atoms with E-state index < -0.39 is 6.04 Å². The Morgan fingerprint density at radius 2 is 1.76 bits per heavy atom. The monoisotopic (exact) mass is 396 g/mol. The van der Waals surface area contributed by atoms with E-state index in [1.807, 2.05) is 76.2 Å². The van der Waals surface area contributed by atoms with E-state index in [0.29, 0.717) is 25.3 Å². The molecule has 0 radical (unpaired) electrons. The van der Waals surface area contributed by atoms with Crippen LogP contribution < -0.4 is 10.1 Å².